The van der Waals surface area contributed by atoms with Crippen molar-refractivity contribution in [2.45, 2.75) is 53.0 Å². The molecule has 1 aliphatic rings. The van der Waals surface area contributed by atoms with Crippen LogP contribution in [0.15, 0.2) is 47.6 Å². The van der Waals surface area contributed by atoms with E-state index in [9.17, 15) is 9.18 Å². The van der Waals surface area contributed by atoms with Crippen LogP contribution < -0.4 is 11.1 Å². The molecule has 0 aliphatic carbocycles. The van der Waals surface area contributed by atoms with E-state index in [1.807, 2.05) is 19.9 Å². The third-order valence-electron chi connectivity index (χ3n) is 6.75. The number of hydrogen-bond acceptors (Lipinski definition) is 7. The molecule has 10 heteroatoms. The fourth-order valence-electron chi connectivity index (χ4n) is 4.47. The van der Waals surface area contributed by atoms with E-state index in [0.717, 1.165) is 6.42 Å². The number of amidine groups is 1. The monoisotopic (exact) mass is 514 g/mol. The first-order valence-electron chi connectivity index (χ1n) is 12.6. The highest BCUT2D eigenvalue weighted by atomic mass is 19.1. The minimum Gasteiger partial charge on any atom is -0.386 e. The van der Waals surface area contributed by atoms with Crippen molar-refractivity contribution in [2.75, 3.05) is 6.54 Å². The second kappa shape index (κ2) is 9.27. The molecule has 0 bridgehead atoms. The Morgan fingerprint density at radius 2 is 1.89 bits per heavy atom. The fraction of sp³-hybridized carbons (Fsp3) is 0.357. The molecule has 9 nitrogen and oxygen atoms in total. The Labute approximate surface area is 220 Å². The third-order valence-corrected chi connectivity index (χ3v) is 6.75. The summed E-state index contributed by atoms with van der Waals surface area (Å²) in [6.45, 7) is 10.8. The number of fused-ring (bicyclic) bond motifs is 2. The number of pyridine rings is 1. The van der Waals surface area contributed by atoms with Crippen molar-refractivity contribution in [3.63, 3.8) is 0 Å². The Morgan fingerprint density at radius 3 is 2.63 bits per heavy atom. The highest BCUT2D eigenvalue weighted by Gasteiger charge is 2.40. The molecule has 0 unspecified atom stereocenters. The first-order chi connectivity index (χ1) is 18.0. The Balaban J connectivity index is 1.62. The lowest BCUT2D eigenvalue weighted by Gasteiger charge is -2.22. The molecule has 0 saturated heterocycles. The van der Waals surface area contributed by atoms with Gasteiger partial charge in [0.15, 0.2) is 17.3 Å². The Kier molecular flexibility index (Phi) is 6.21. The van der Waals surface area contributed by atoms with Crippen LogP contribution in [0.4, 0.5) is 10.2 Å². The van der Waals surface area contributed by atoms with Crippen LogP contribution >= 0.6 is 0 Å². The molecule has 0 radical (unpaired) electrons. The smallest absolute Gasteiger partial charge is 0.270 e. The SMILES string of the molecule is CC(C)(C)CCNC(=O)c1nc(-c2nn(Cc3ccccc3F)c3ncccc23)nc2c1C(C)(C)C(N)=N2. The van der Waals surface area contributed by atoms with E-state index in [1.54, 1.807) is 35.1 Å². The molecule has 0 atom stereocenters. The first-order valence-corrected chi connectivity index (χ1v) is 12.6. The maximum atomic E-state index is 14.4. The summed E-state index contributed by atoms with van der Waals surface area (Å²) < 4.78 is 16.0. The summed E-state index contributed by atoms with van der Waals surface area (Å²) >= 11 is 0. The average molecular weight is 515 g/mol. The predicted octanol–water partition coefficient (Wildman–Crippen LogP) is 4.52. The van der Waals surface area contributed by atoms with Gasteiger partial charge in [-0.15, -0.1) is 0 Å². The summed E-state index contributed by atoms with van der Waals surface area (Å²) in [7, 11) is 0. The predicted molar refractivity (Wildman–Crippen MR) is 145 cm³/mol. The van der Waals surface area contributed by atoms with Gasteiger partial charge < -0.3 is 11.1 Å². The van der Waals surface area contributed by atoms with Gasteiger partial charge in [-0.25, -0.2) is 29.0 Å². The zero-order valence-electron chi connectivity index (χ0n) is 22.2. The number of nitrogens with one attached hydrogen (secondary N) is 1. The molecular weight excluding hydrogens is 483 g/mol. The molecule has 38 heavy (non-hydrogen) atoms. The zero-order valence-corrected chi connectivity index (χ0v) is 22.2. The maximum Gasteiger partial charge on any atom is 0.270 e. The normalized spacial score (nSPS) is 14.4. The number of hydrogen-bond donors (Lipinski definition) is 2. The lowest BCUT2D eigenvalue weighted by molar-refractivity contribution is 0.0942. The molecule has 4 heterocycles. The summed E-state index contributed by atoms with van der Waals surface area (Å²) in [6, 6.07) is 10.2. The maximum absolute atomic E-state index is 14.4. The van der Waals surface area contributed by atoms with E-state index in [4.69, 9.17) is 15.8 Å². The van der Waals surface area contributed by atoms with Gasteiger partial charge in [-0.2, -0.15) is 5.10 Å². The van der Waals surface area contributed by atoms with Crippen LogP contribution in [-0.2, 0) is 12.0 Å². The molecule has 0 spiro atoms. The fourth-order valence-corrected chi connectivity index (χ4v) is 4.47. The average Bonchev–Trinajstić information content (AvgIpc) is 3.33. The van der Waals surface area contributed by atoms with Gasteiger partial charge in [0.05, 0.1) is 17.3 Å². The van der Waals surface area contributed by atoms with Crippen LogP contribution in [0.1, 0.15) is 62.7 Å². The van der Waals surface area contributed by atoms with Crippen LogP contribution in [0, 0.1) is 11.2 Å². The van der Waals surface area contributed by atoms with E-state index in [-0.39, 0.29) is 35.2 Å². The molecular formula is C28H31FN8O. The number of carbonyl (C=O) groups is 1. The van der Waals surface area contributed by atoms with E-state index >= 15 is 0 Å². The van der Waals surface area contributed by atoms with Gasteiger partial charge in [0.1, 0.15) is 23.0 Å². The van der Waals surface area contributed by atoms with Crippen molar-refractivity contribution in [1.29, 1.82) is 0 Å². The molecule has 3 aromatic heterocycles. The van der Waals surface area contributed by atoms with Crippen LogP contribution in [-0.4, -0.2) is 43.0 Å². The van der Waals surface area contributed by atoms with E-state index in [1.165, 1.54) is 6.07 Å². The summed E-state index contributed by atoms with van der Waals surface area (Å²) in [5, 5.41) is 8.40. The van der Waals surface area contributed by atoms with Crippen molar-refractivity contribution in [1.82, 2.24) is 30.0 Å². The summed E-state index contributed by atoms with van der Waals surface area (Å²) in [6.07, 6.45) is 2.45. The number of halogens is 1. The minimum absolute atomic E-state index is 0.0653. The number of aromatic nitrogens is 5. The van der Waals surface area contributed by atoms with Gasteiger partial charge in [0.25, 0.3) is 5.91 Å². The molecule has 0 saturated carbocycles. The number of carbonyl (C=O) groups excluding carboxylic acids is 1. The number of nitrogens with zero attached hydrogens (tertiary/aromatic N) is 6. The molecule has 1 amide bonds. The van der Waals surface area contributed by atoms with Crippen LogP contribution in [0.5, 0.6) is 0 Å². The van der Waals surface area contributed by atoms with Crippen molar-refractivity contribution in [3.05, 3.63) is 65.2 Å². The Hall–Kier alpha value is -4.21. The van der Waals surface area contributed by atoms with Crippen LogP contribution in [0.2, 0.25) is 0 Å². The first kappa shape index (κ1) is 25.4. The van der Waals surface area contributed by atoms with Gasteiger partial charge in [0.2, 0.25) is 0 Å². The standard InChI is InChI=1S/C28H31FN8O/c1-27(2,3)12-14-32-25(38)21-19-22(35-26(30)28(19,4)5)34-23(33-21)20-17-10-8-13-31-24(17)37(36-20)15-16-9-6-7-11-18(16)29/h6-11,13H,12,14-15H2,1-5H3,(H,32,38)(H2,30,33,34,35). The Morgan fingerprint density at radius 1 is 1.13 bits per heavy atom. The van der Waals surface area contributed by atoms with Crippen LogP contribution in [0.25, 0.3) is 22.6 Å². The lowest BCUT2D eigenvalue weighted by atomic mass is 9.84. The van der Waals surface area contributed by atoms with Gasteiger partial charge in [-0.1, -0.05) is 39.0 Å². The molecule has 5 rings (SSSR count). The molecule has 0 fully saturated rings. The Bertz CT molecular complexity index is 1580. The number of nitrogens with two attached hydrogens (primary N) is 1. The van der Waals surface area contributed by atoms with Crippen molar-refractivity contribution >= 4 is 28.6 Å². The molecule has 4 aromatic rings. The lowest BCUT2D eigenvalue weighted by Crippen LogP contribution is -2.36. The van der Waals surface area contributed by atoms with Crippen molar-refractivity contribution in [3.8, 4) is 11.5 Å². The molecule has 196 valence electrons. The molecule has 1 aliphatic heterocycles. The second-order valence-corrected chi connectivity index (χ2v) is 11.3. The quantitative estimate of drug-likeness (QED) is 0.390. The highest BCUT2D eigenvalue weighted by molar-refractivity contribution is 6.04. The van der Waals surface area contributed by atoms with Gasteiger partial charge >= 0.3 is 0 Å². The third kappa shape index (κ3) is 4.62. The molecule has 3 N–H and O–H groups in total. The van der Waals surface area contributed by atoms with E-state index in [0.29, 0.717) is 46.1 Å². The van der Waals surface area contributed by atoms with Gasteiger partial charge in [-0.05, 0) is 43.9 Å². The zero-order chi connectivity index (χ0) is 27.2. The second-order valence-electron chi connectivity index (χ2n) is 11.3. The summed E-state index contributed by atoms with van der Waals surface area (Å²) in [4.78, 5) is 31.8. The van der Waals surface area contributed by atoms with Gasteiger partial charge in [0, 0.05) is 23.9 Å². The molecule has 1 aromatic carbocycles. The van der Waals surface area contributed by atoms with Crippen molar-refractivity contribution < 1.29 is 9.18 Å². The topological polar surface area (TPSA) is 124 Å². The number of amides is 1. The number of benzene rings is 1. The van der Waals surface area contributed by atoms with E-state index in [2.05, 4.69) is 41.0 Å². The number of aliphatic imine (C=N–C) groups is 1. The largest absolute Gasteiger partial charge is 0.386 e. The summed E-state index contributed by atoms with van der Waals surface area (Å²) in [5.74, 6) is 0.284. The number of rotatable bonds is 6. The van der Waals surface area contributed by atoms with Gasteiger partial charge in [-0.3, -0.25) is 4.79 Å². The minimum atomic E-state index is -0.710. The van der Waals surface area contributed by atoms with Crippen molar-refractivity contribution in [2.24, 2.45) is 16.1 Å². The van der Waals surface area contributed by atoms with E-state index < -0.39 is 5.41 Å². The van der Waals surface area contributed by atoms with Crippen LogP contribution in [0.3, 0.4) is 0 Å². The highest BCUT2D eigenvalue weighted by Crippen LogP contribution is 2.40. The summed E-state index contributed by atoms with van der Waals surface area (Å²) in [5.41, 5.74) is 7.86.